The van der Waals surface area contributed by atoms with Crippen LogP contribution in [0.15, 0.2) is 11.3 Å². The van der Waals surface area contributed by atoms with Crippen LogP contribution in [-0.4, -0.2) is 25.0 Å². The van der Waals surface area contributed by atoms with Gasteiger partial charge < -0.3 is 9.47 Å². The van der Waals surface area contributed by atoms with Crippen molar-refractivity contribution in [3.8, 4) is 24.7 Å². The van der Waals surface area contributed by atoms with E-state index in [4.69, 9.17) is 17.6 Å². The Balaban J connectivity index is 0. The fraction of sp³-hybridized carbons (Fsp3) is 0.429. The predicted molar refractivity (Wildman–Crippen MR) is 69.3 cm³/mol. The van der Waals surface area contributed by atoms with E-state index in [0.717, 1.165) is 0 Å². The molecule has 0 N–H and O–H groups in total. The molecular weight excluding hydrogens is 232 g/mol. The number of Topliss-reactive ketones (excluding diaryl/α,β-unsaturated/α-hetero) is 1. The van der Waals surface area contributed by atoms with Gasteiger partial charge in [0, 0.05) is 6.92 Å². The first-order chi connectivity index (χ1) is 8.54. The van der Waals surface area contributed by atoms with Gasteiger partial charge in [0.15, 0.2) is 18.1 Å². The quantitative estimate of drug-likeness (QED) is 0.322. The molecule has 0 spiro atoms. The number of esters is 1. The number of carbonyl (C=O) groups excluding carboxylic acids is 2. The Kier molecular flexibility index (Phi) is 11.4. The number of ether oxygens (including phenoxy) is 2. The van der Waals surface area contributed by atoms with Crippen LogP contribution < -0.4 is 0 Å². The van der Waals surface area contributed by atoms with Crippen molar-refractivity contribution in [2.24, 2.45) is 0 Å². The second kappa shape index (κ2) is 11.3. The number of hydrogen-bond donors (Lipinski definition) is 0. The molecule has 0 saturated carbocycles. The van der Waals surface area contributed by atoms with Gasteiger partial charge in [-0.25, -0.2) is 4.79 Å². The van der Waals surface area contributed by atoms with E-state index in [-0.39, 0.29) is 24.5 Å². The number of rotatable bonds is 5. The lowest BCUT2D eigenvalue weighted by atomic mass is 10.2. The minimum Gasteiger partial charge on any atom is -0.477 e. The maximum absolute atomic E-state index is 11.4. The average molecular weight is 250 g/mol. The van der Waals surface area contributed by atoms with E-state index in [9.17, 15) is 9.59 Å². The van der Waals surface area contributed by atoms with E-state index in [1.54, 1.807) is 0 Å². The van der Waals surface area contributed by atoms with Crippen LogP contribution in [0.2, 0.25) is 0 Å². The molecule has 0 aromatic heterocycles. The third-order valence-corrected chi connectivity index (χ3v) is 1.55. The van der Waals surface area contributed by atoms with Gasteiger partial charge in [0.1, 0.15) is 6.61 Å². The van der Waals surface area contributed by atoms with Gasteiger partial charge in [0.05, 0.1) is 5.57 Å². The number of hydrogen-bond acceptors (Lipinski definition) is 4. The molecule has 0 atom stereocenters. The van der Waals surface area contributed by atoms with Crippen molar-refractivity contribution < 1.29 is 19.1 Å². The first-order valence-corrected chi connectivity index (χ1v) is 5.43. The molecule has 0 unspecified atom stereocenters. The first-order valence-electron chi connectivity index (χ1n) is 5.43. The van der Waals surface area contributed by atoms with Crippen molar-refractivity contribution in [2.45, 2.75) is 27.7 Å². The monoisotopic (exact) mass is 250 g/mol. The summed E-state index contributed by atoms with van der Waals surface area (Å²) < 4.78 is 9.60. The molecule has 4 heteroatoms. The summed E-state index contributed by atoms with van der Waals surface area (Å²) in [6, 6.07) is 0. The normalized spacial score (nSPS) is 9.67. The summed E-state index contributed by atoms with van der Waals surface area (Å²) in [6.45, 7) is 6.43. The van der Waals surface area contributed by atoms with Gasteiger partial charge in [-0.15, -0.1) is 12.8 Å². The summed E-state index contributed by atoms with van der Waals surface area (Å²) in [6.07, 6.45) is 9.91. The summed E-state index contributed by atoms with van der Waals surface area (Å²) in [4.78, 5) is 22.5. The van der Waals surface area contributed by atoms with Crippen LogP contribution in [0.5, 0.6) is 0 Å². The molecular formula is C14H18O4. The molecule has 0 heterocycles. The Morgan fingerprint density at radius 1 is 1.00 bits per heavy atom. The second-order valence-corrected chi connectivity index (χ2v) is 2.78. The molecule has 0 aliphatic heterocycles. The van der Waals surface area contributed by atoms with Crippen molar-refractivity contribution in [3.63, 3.8) is 0 Å². The van der Waals surface area contributed by atoms with Crippen molar-refractivity contribution in [1.82, 2.24) is 0 Å². The lowest BCUT2D eigenvalue weighted by Crippen LogP contribution is -2.14. The fourth-order valence-electron chi connectivity index (χ4n) is 0.896. The van der Waals surface area contributed by atoms with Crippen LogP contribution in [0.3, 0.4) is 0 Å². The van der Waals surface area contributed by atoms with E-state index < -0.39 is 11.8 Å². The standard InChI is InChI=1S/C12H12O4.C2H6/c1-5-7-15-11(10(4)13)9(3)12(14)16-8-6-2;1-2/h1-2H,7-8H2,3-4H3;1-2H3/b11-9-;. The molecule has 0 aromatic rings. The van der Waals surface area contributed by atoms with Crippen LogP contribution in [0, 0.1) is 24.7 Å². The molecule has 0 rings (SSSR count). The van der Waals surface area contributed by atoms with E-state index in [2.05, 4.69) is 16.6 Å². The topological polar surface area (TPSA) is 52.6 Å². The summed E-state index contributed by atoms with van der Waals surface area (Å²) in [5, 5.41) is 0. The lowest BCUT2D eigenvalue weighted by Gasteiger charge is -2.08. The van der Waals surface area contributed by atoms with Gasteiger partial charge in [0.2, 0.25) is 0 Å². The highest BCUT2D eigenvalue weighted by molar-refractivity contribution is 6.00. The zero-order valence-electron chi connectivity index (χ0n) is 11.2. The highest BCUT2D eigenvalue weighted by atomic mass is 16.5. The molecule has 0 aromatic carbocycles. The SMILES string of the molecule is C#CCOC(=O)/C(C)=C(\OCC#C)C(C)=O.CC. The third-order valence-electron chi connectivity index (χ3n) is 1.55. The summed E-state index contributed by atoms with van der Waals surface area (Å²) in [5.41, 5.74) is 0.0537. The minimum atomic E-state index is -0.694. The molecule has 98 valence electrons. The maximum Gasteiger partial charge on any atom is 0.338 e. The highest BCUT2D eigenvalue weighted by Crippen LogP contribution is 2.09. The van der Waals surface area contributed by atoms with E-state index in [0.29, 0.717) is 0 Å². The maximum atomic E-state index is 11.4. The minimum absolute atomic E-state index is 0.0537. The van der Waals surface area contributed by atoms with E-state index in [1.807, 2.05) is 13.8 Å². The Morgan fingerprint density at radius 2 is 1.44 bits per heavy atom. The zero-order chi connectivity index (χ0) is 14.6. The summed E-state index contributed by atoms with van der Waals surface area (Å²) in [5.74, 6) is 3.15. The number of ketones is 1. The molecule has 4 nitrogen and oxygen atoms in total. The summed E-state index contributed by atoms with van der Waals surface area (Å²) in [7, 11) is 0. The van der Waals surface area contributed by atoms with Crippen LogP contribution in [0.1, 0.15) is 27.7 Å². The first kappa shape index (κ1) is 18.2. The van der Waals surface area contributed by atoms with Gasteiger partial charge in [0.25, 0.3) is 0 Å². The van der Waals surface area contributed by atoms with E-state index in [1.165, 1.54) is 13.8 Å². The van der Waals surface area contributed by atoms with E-state index >= 15 is 0 Å². The van der Waals surface area contributed by atoms with Gasteiger partial charge >= 0.3 is 5.97 Å². The molecule has 0 saturated heterocycles. The van der Waals surface area contributed by atoms with Gasteiger partial charge in [-0.2, -0.15) is 0 Å². The average Bonchev–Trinajstić information content (AvgIpc) is 2.38. The highest BCUT2D eigenvalue weighted by Gasteiger charge is 2.16. The Morgan fingerprint density at radius 3 is 1.83 bits per heavy atom. The van der Waals surface area contributed by atoms with Crippen LogP contribution in [0.4, 0.5) is 0 Å². The number of terminal acetylenes is 2. The smallest absolute Gasteiger partial charge is 0.338 e. The van der Waals surface area contributed by atoms with Crippen molar-refractivity contribution in [3.05, 3.63) is 11.3 Å². The molecule has 0 fully saturated rings. The molecule has 0 aliphatic carbocycles. The van der Waals surface area contributed by atoms with Gasteiger partial charge in [-0.05, 0) is 6.92 Å². The Bertz CT molecular complexity index is 391. The molecule has 0 bridgehead atoms. The number of allylic oxidation sites excluding steroid dienone is 1. The van der Waals surface area contributed by atoms with Crippen molar-refractivity contribution in [1.29, 1.82) is 0 Å². The van der Waals surface area contributed by atoms with Gasteiger partial charge in [-0.3, -0.25) is 4.79 Å². The molecule has 18 heavy (non-hydrogen) atoms. The molecule has 0 aliphatic rings. The largest absolute Gasteiger partial charge is 0.477 e. The van der Waals surface area contributed by atoms with Crippen LogP contribution in [0.25, 0.3) is 0 Å². The van der Waals surface area contributed by atoms with Crippen molar-refractivity contribution in [2.75, 3.05) is 13.2 Å². The Labute approximate surface area is 108 Å². The number of carbonyl (C=O) groups is 2. The van der Waals surface area contributed by atoms with Crippen molar-refractivity contribution >= 4 is 11.8 Å². The molecule has 0 radical (unpaired) electrons. The fourth-order valence-corrected chi connectivity index (χ4v) is 0.896. The summed E-state index contributed by atoms with van der Waals surface area (Å²) >= 11 is 0. The predicted octanol–water partition coefficient (Wildman–Crippen LogP) is 1.70. The van der Waals surface area contributed by atoms with Crippen LogP contribution in [-0.2, 0) is 19.1 Å². The molecule has 0 amide bonds. The Hall–Kier alpha value is -2.20. The third kappa shape index (κ3) is 7.14. The second-order valence-electron chi connectivity index (χ2n) is 2.78. The zero-order valence-corrected chi connectivity index (χ0v) is 11.2. The lowest BCUT2D eigenvalue weighted by molar-refractivity contribution is -0.138. The van der Waals surface area contributed by atoms with Crippen LogP contribution >= 0.6 is 0 Å². The van der Waals surface area contributed by atoms with Gasteiger partial charge in [-0.1, -0.05) is 25.7 Å².